The molecule has 0 spiro atoms. The Morgan fingerprint density at radius 1 is 1.00 bits per heavy atom. The topological polar surface area (TPSA) is 12.0 Å². The molecule has 0 aliphatic carbocycles. The highest BCUT2D eigenvalue weighted by atomic mass is 79.9. The van der Waals surface area contributed by atoms with Gasteiger partial charge in [0.25, 0.3) is 0 Å². The van der Waals surface area contributed by atoms with Crippen molar-refractivity contribution in [1.29, 1.82) is 0 Å². The third kappa shape index (κ3) is 6.72. The van der Waals surface area contributed by atoms with Gasteiger partial charge in [-0.25, -0.2) is 0 Å². The van der Waals surface area contributed by atoms with Crippen molar-refractivity contribution in [3.8, 4) is 0 Å². The van der Waals surface area contributed by atoms with E-state index in [0.29, 0.717) is 0 Å². The molecule has 1 aromatic rings. The number of halogens is 1. The molecule has 0 saturated carbocycles. The van der Waals surface area contributed by atoms with E-state index >= 15 is 0 Å². The number of rotatable bonds is 8. The van der Waals surface area contributed by atoms with Crippen LogP contribution in [0.3, 0.4) is 0 Å². The highest BCUT2D eigenvalue weighted by molar-refractivity contribution is 9.10. The minimum Gasteiger partial charge on any atom is -0.385 e. The van der Waals surface area contributed by atoms with Gasteiger partial charge in [0, 0.05) is 16.7 Å². The van der Waals surface area contributed by atoms with E-state index < -0.39 is 0 Å². The summed E-state index contributed by atoms with van der Waals surface area (Å²) in [4.78, 5) is 0. The molecule has 2 heteroatoms. The maximum absolute atomic E-state index is 3.52. The van der Waals surface area contributed by atoms with Gasteiger partial charge in [-0.3, -0.25) is 0 Å². The normalized spacial score (nSPS) is 10.5. The first-order valence-corrected chi connectivity index (χ1v) is 7.52. The molecule has 0 unspecified atom stereocenters. The maximum Gasteiger partial charge on any atom is 0.0354 e. The van der Waals surface area contributed by atoms with Crippen molar-refractivity contribution in [2.75, 3.05) is 11.9 Å². The van der Waals surface area contributed by atoms with E-state index in [-0.39, 0.29) is 0 Å². The van der Waals surface area contributed by atoms with Crippen LogP contribution in [0.15, 0.2) is 22.7 Å². The quantitative estimate of drug-likeness (QED) is 0.622. The van der Waals surface area contributed by atoms with E-state index in [2.05, 4.69) is 53.3 Å². The molecule has 1 rings (SSSR count). The van der Waals surface area contributed by atoms with E-state index in [1.54, 1.807) is 0 Å². The molecule has 17 heavy (non-hydrogen) atoms. The highest BCUT2D eigenvalue weighted by Crippen LogP contribution is 2.19. The van der Waals surface area contributed by atoms with Gasteiger partial charge in [-0.1, -0.05) is 55.0 Å². The monoisotopic (exact) mass is 297 g/mol. The lowest BCUT2D eigenvalue weighted by molar-refractivity contribution is 0.617. The molecular weight excluding hydrogens is 274 g/mol. The average Bonchev–Trinajstić information content (AvgIpc) is 2.26. The van der Waals surface area contributed by atoms with Gasteiger partial charge in [0.15, 0.2) is 0 Å². The van der Waals surface area contributed by atoms with Crippen LogP contribution in [0.5, 0.6) is 0 Å². The Morgan fingerprint density at radius 2 is 1.71 bits per heavy atom. The molecule has 96 valence electrons. The second kappa shape index (κ2) is 8.57. The average molecular weight is 298 g/mol. The zero-order chi connectivity index (χ0) is 12.5. The molecule has 0 amide bonds. The van der Waals surface area contributed by atoms with E-state index in [1.807, 2.05) is 0 Å². The second-order valence-corrected chi connectivity index (χ2v) is 5.63. The first-order chi connectivity index (χ1) is 8.22. The molecule has 1 aromatic carbocycles. The van der Waals surface area contributed by atoms with E-state index in [1.165, 1.54) is 49.8 Å². The Balaban J connectivity index is 2.13. The molecule has 1 N–H and O–H groups in total. The summed E-state index contributed by atoms with van der Waals surface area (Å²) in [5.41, 5.74) is 2.52. The second-order valence-electron chi connectivity index (χ2n) is 4.71. The Bertz CT molecular complexity index is 302. The summed E-state index contributed by atoms with van der Waals surface area (Å²) in [5.74, 6) is 0. The number of anilines is 1. The first kappa shape index (κ1) is 14.6. The summed E-state index contributed by atoms with van der Waals surface area (Å²) >= 11 is 3.52. The number of nitrogens with one attached hydrogen (secondary N) is 1. The van der Waals surface area contributed by atoms with Gasteiger partial charge in [-0.05, 0) is 37.1 Å². The van der Waals surface area contributed by atoms with Crippen molar-refractivity contribution in [2.45, 2.75) is 52.4 Å². The van der Waals surface area contributed by atoms with Crippen LogP contribution in [0.25, 0.3) is 0 Å². The summed E-state index contributed by atoms with van der Waals surface area (Å²) < 4.78 is 1.16. The van der Waals surface area contributed by atoms with Crippen LogP contribution >= 0.6 is 15.9 Å². The van der Waals surface area contributed by atoms with Crippen LogP contribution in [0.1, 0.15) is 51.0 Å². The fourth-order valence-corrected chi connectivity index (χ4v) is 2.58. The molecule has 0 aliphatic rings. The largest absolute Gasteiger partial charge is 0.385 e. The zero-order valence-electron chi connectivity index (χ0n) is 11.1. The molecule has 0 atom stereocenters. The highest BCUT2D eigenvalue weighted by Gasteiger charge is 1.96. The fraction of sp³-hybridized carbons (Fsp3) is 0.600. The van der Waals surface area contributed by atoms with Crippen LogP contribution in [0, 0.1) is 6.92 Å². The lowest BCUT2D eigenvalue weighted by atomic mass is 10.1. The third-order valence-corrected chi connectivity index (χ3v) is 3.36. The number of benzene rings is 1. The number of hydrogen-bond donors (Lipinski definition) is 1. The summed E-state index contributed by atoms with van der Waals surface area (Å²) in [6.45, 7) is 5.47. The molecule has 0 heterocycles. The van der Waals surface area contributed by atoms with Crippen LogP contribution in [-0.4, -0.2) is 6.54 Å². The van der Waals surface area contributed by atoms with Crippen molar-refractivity contribution in [1.82, 2.24) is 0 Å². The van der Waals surface area contributed by atoms with Gasteiger partial charge in [0.1, 0.15) is 0 Å². The van der Waals surface area contributed by atoms with Crippen molar-refractivity contribution < 1.29 is 0 Å². The summed E-state index contributed by atoms with van der Waals surface area (Å²) in [6.07, 6.45) is 8.11. The Hall–Kier alpha value is -0.500. The molecule has 0 aliphatic heterocycles. The van der Waals surface area contributed by atoms with Crippen LogP contribution in [0.4, 0.5) is 5.69 Å². The van der Waals surface area contributed by atoms with E-state index in [0.717, 1.165) is 11.0 Å². The van der Waals surface area contributed by atoms with Crippen molar-refractivity contribution >= 4 is 21.6 Å². The lowest BCUT2D eigenvalue weighted by Gasteiger charge is -2.08. The predicted molar refractivity (Wildman–Crippen MR) is 80.7 cm³/mol. The number of hydrogen-bond acceptors (Lipinski definition) is 1. The van der Waals surface area contributed by atoms with Gasteiger partial charge < -0.3 is 5.32 Å². The summed E-state index contributed by atoms with van der Waals surface area (Å²) in [7, 11) is 0. The number of unbranched alkanes of at least 4 members (excludes halogenated alkanes) is 5. The van der Waals surface area contributed by atoms with Crippen LogP contribution in [0.2, 0.25) is 0 Å². The van der Waals surface area contributed by atoms with Gasteiger partial charge in [-0.15, -0.1) is 0 Å². The third-order valence-electron chi connectivity index (χ3n) is 2.90. The minimum absolute atomic E-state index is 1.09. The Labute approximate surface area is 114 Å². The maximum atomic E-state index is 3.52. The molecule has 0 fully saturated rings. The Kier molecular flexibility index (Phi) is 7.34. The van der Waals surface area contributed by atoms with Gasteiger partial charge in [-0.2, -0.15) is 0 Å². The van der Waals surface area contributed by atoms with Gasteiger partial charge >= 0.3 is 0 Å². The molecule has 1 nitrogen and oxygen atoms in total. The molecule has 0 bridgehead atoms. The summed E-state index contributed by atoms with van der Waals surface area (Å²) in [5, 5.41) is 3.49. The molecule has 0 aromatic heterocycles. The lowest BCUT2D eigenvalue weighted by Crippen LogP contribution is -2.01. The van der Waals surface area contributed by atoms with Crippen LogP contribution in [-0.2, 0) is 0 Å². The number of aryl methyl sites for hydroxylation is 1. The fourth-order valence-electron chi connectivity index (χ4n) is 1.98. The predicted octanol–water partition coefficient (Wildman–Crippen LogP) is 5.53. The van der Waals surface area contributed by atoms with Crippen molar-refractivity contribution in [3.63, 3.8) is 0 Å². The standard InChI is InChI=1S/C15H24BrN/c1-3-4-5-6-7-8-9-17-15-11-13(2)10-14(16)12-15/h10-12,17H,3-9H2,1-2H3. The molecular formula is C15H24BrN. The molecule has 0 radical (unpaired) electrons. The van der Waals surface area contributed by atoms with Gasteiger partial charge in [0.2, 0.25) is 0 Å². The smallest absolute Gasteiger partial charge is 0.0354 e. The summed E-state index contributed by atoms with van der Waals surface area (Å²) in [6, 6.07) is 6.47. The minimum atomic E-state index is 1.09. The van der Waals surface area contributed by atoms with Crippen molar-refractivity contribution in [3.05, 3.63) is 28.2 Å². The SMILES string of the molecule is CCCCCCCCNc1cc(C)cc(Br)c1. The zero-order valence-corrected chi connectivity index (χ0v) is 12.6. The van der Waals surface area contributed by atoms with E-state index in [4.69, 9.17) is 0 Å². The molecule has 0 saturated heterocycles. The van der Waals surface area contributed by atoms with E-state index in [9.17, 15) is 0 Å². The van der Waals surface area contributed by atoms with Crippen LogP contribution < -0.4 is 5.32 Å². The van der Waals surface area contributed by atoms with Crippen molar-refractivity contribution in [2.24, 2.45) is 0 Å². The van der Waals surface area contributed by atoms with Gasteiger partial charge in [0.05, 0.1) is 0 Å². The first-order valence-electron chi connectivity index (χ1n) is 6.73. The Morgan fingerprint density at radius 3 is 2.41 bits per heavy atom.